The Morgan fingerprint density at radius 3 is 1.09 bits per heavy atom. The van der Waals surface area contributed by atoms with E-state index in [2.05, 4.69) is 124 Å². The molecule has 0 aliphatic rings. The second-order valence-electron chi connectivity index (χ2n) is 19.9. The largest absolute Gasteiger partial charge is 0.469 e. The number of hydrogen-bond donors (Lipinski definition) is 0. The quantitative estimate of drug-likeness (QED) is 0.0269. The topological polar surface area (TPSA) is 134 Å². The third-order valence-electron chi connectivity index (χ3n) is 6.43. The molecule has 2 atom stereocenters. The lowest BCUT2D eigenvalue weighted by Crippen LogP contribution is -2.60. The predicted octanol–water partition coefficient (Wildman–Crippen LogP) is 9.35. The highest BCUT2D eigenvalue weighted by Crippen LogP contribution is 2.32. The predicted molar refractivity (Wildman–Crippen MR) is 237 cm³/mol. The van der Waals surface area contributed by atoms with Gasteiger partial charge in [0.2, 0.25) is 0 Å². The normalized spacial score (nSPS) is 15.0. The molecular weight excluding hydrogens is 825 g/mol. The highest BCUT2D eigenvalue weighted by atomic mass is 28.5. The minimum atomic E-state index is -3.13. The molecule has 0 radical (unpaired) electrons. The van der Waals surface area contributed by atoms with Gasteiger partial charge in [-0.1, -0.05) is 6.58 Å². The molecule has 0 aromatic carbocycles. The van der Waals surface area contributed by atoms with Crippen LogP contribution in [0.5, 0.6) is 0 Å². The van der Waals surface area contributed by atoms with Gasteiger partial charge in [-0.05, 0) is 145 Å². The highest BCUT2D eigenvalue weighted by Gasteiger charge is 2.51. The van der Waals surface area contributed by atoms with Gasteiger partial charge in [0.1, 0.15) is 12.0 Å². The van der Waals surface area contributed by atoms with E-state index in [1.807, 2.05) is 0 Å². The van der Waals surface area contributed by atoms with Crippen molar-refractivity contribution >= 4 is 85.4 Å². The Labute approximate surface area is 337 Å². The Morgan fingerprint density at radius 1 is 0.519 bits per heavy atom. The van der Waals surface area contributed by atoms with Crippen molar-refractivity contribution in [1.82, 2.24) is 0 Å². The van der Waals surface area contributed by atoms with Gasteiger partial charge in [0, 0.05) is 17.7 Å². The van der Waals surface area contributed by atoms with Crippen molar-refractivity contribution in [3.8, 4) is 0 Å². The maximum atomic E-state index is 13.6. The first-order valence-electron chi connectivity index (χ1n) is 19.3. The third-order valence-corrected chi connectivity index (χ3v) is 30.5. The molecule has 0 amide bonds. The van der Waals surface area contributed by atoms with Gasteiger partial charge in [-0.15, -0.1) is 0 Å². The van der Waals surface area contributed by atoms with Crippen molar-refractivity contribution in [3.05, 3.63) is 12.2 Å². The van der Waals surface area contributed by atoms with Gasteiger partial charge in [-0.3, -0.25) is 9.59 Å². The van der Waals surface area contributed by atoms with Crippen LogP contribution in [0.15, 0.2) is 12.2 Å². The zero-order valence-corrected chi connectivity index (χ0v) is 45.7. The van der Waals surface area contributed by atoms with Gasteiger partial charge in [0.15, 0.2) is 49.9 Å². The van der Waals surface area contributed by atoms with Crippen molar-refractivity contribution in [2.24, 2.45) is 5.92 Å². The molecule has 0 heterocycles. The molecule has 20 heteroatoms. The van der Waals surface area contributed by atoms with Crippen LogP contribution >= 0.6 is 0 Å². The second-order valence-corrected chi connectivity index (χ2v) is 53.9. The van der Waals surface area contributed by atoms with Gasteiger partial charge in [0.05, 0.1) is 19.6 Å². The maximum Gasteiger partial charge on any atom is 0.469 e. The van der Waals surface area contributed by atoms with Crippen molar-refractivity contribution in [3.63, 3.8) is 0 Å². The average molecular weight is 904 g/mol. The molecular formula is C34H78O12Si8. The molecule has 0 saturated heterocycles. The first-order valence-corrected chi connectivity index (χ1v) is 43.6. The Hall–Kier alpha value is -0.355. The van der Waals surface area contributed by atoms with Crippen LogP contribution in [0, 0.1) is 5.92 Å². The Morgan fingerprint density at radius 2 is 0.815 bits per heavy atom. The van der Waals surface area contributed by atoms with E-state index in [1.165, 1.54) is 6.92 Å². The van der Waals surface area contributed by atoms with E-state index in [-0.39, 0.29) is 25.2 Å². The number of esters is 3. The molecule has 0 aliphatic heterocycles. The molecule has 0 spiro atoms. The third kappa shape index (κ3) is 25.8. The first kappa shape index (κ1) is 53.6. The van der Waals surface area contributed by atoms with E-state index in [0.717, 1.165) is 0 Å². The summed E-state index contributed by atoms with van der Waals surface area (Å²) in [5, 5.41) is 0. The van der Waals surface area contributed by atoms with E-state index >= 15 is 0 Å². The molecule has 0 fully saturated rings. The summed E-state index contributed by atoms with van der Waals surface area (Å²) in [5.41, 5.74) is 0.180. The fourth-order valence-electron chi connectivity index (χ4n) is 5.30. The monoisotopic (exact) mass is 902 g/mol. The Kier molecular flexibility index (Phi) is 20.9. The average Bonchev–Trinajstić information content (AvgIpc) is 2.85. The van der Waals surface area contributed by atoms with E-state index in [9.17, 15) is 14.4 Å². The van der Waals surface area contributed by atoms with Crippen LogP contribution in [0.4, 0.5) is 0 Å². The van der Waals surface area contributed by atoms with Crippen LogP contribution in [0.2, 0.25) is 130 Å². The van der Waals surface area contributed by atoms with Crippen molar-refractivity contribution < 1.29 is 53.3 Å². The van der Waals surface area contributed by atoms with Crippen LogP contribution in [0.1, 0.15) is 33.1 Å². The summed E-state index contributed by atoms with van der Waals surface area (Å²) < 4.78 is 57.4. The summed E-state index contributed by atoms with van der Waals surface area (Å²) in [6.45, 7) is 45.1. The van der Waals surface area contributed by atoms with E-state index in [1.54, 1.807) is 6.92 Å². The number of rotatable bonds is 26. The summed E-state index contributed by atoms with van der Waals surface area (Å²) in [7, 11) is -18.7. The standard InChI is InChI=1S/C34H78O12Si8/c1-29(2)33(36)40-30(3)31(34(37)39-25-23-27-54(44-50(13,14)15,45-51(16,17)18)46-52(19,20)21)28-32(35)38-24-22-26-53(41-47(4,5)6,42-48(7,8)9)43-49(10,11)12/h30-31H,1,22-28H2,2-21H3. The Balaban J connectivity index is 5.99. The molecule has 0 N–H and O–H groups in total. The zero-order chi connectivity index (χ0) is 42.8. The lowest BCUT2D eigenvalue weighted by atomic mass is 9.99. The van der Waals surface area contributed by atoms with Crippen LogP contribution in [-0.2, 0) is 53.3 Å². The number of carbonyl (C=O) groups is 3. The Bertz CT molecular complexity index is 1140. The molecule has 0 aromatic heterocycles. The molecule has 0 aliphatic carbocycles. The molecule has 0 aromatic rings. The minimum absolute atomic E-state index is 0.0530. The highest BCUT2D eigenvalue weighted by molar-refractivity contribution is 6.91. The van der Waals surface area contributed by atoms with Crippen molar-refractivity contribution in [2.45, 2.75) is 169 Å². The summed E-state index contributed by atoms with van der Waals surface area (Å²) in [6.07, 6.45) is -0.387. The number of hydrogen-bond acceptors (Lipinski definition) is 12. The van der Waals surface area contributed by atoms with Gasteiger partial charge in [-0.2, -0.15) is 0 Å². The minimum Gasteiger partial charge on any atom is -0.466 e. The molecule has 318 valence electrons. The van der Waals surface area contributed by atoms with Gasteiger partial charge < -0.3 is 38.9 Å². The van der Waals surface area contributed by atoms with Crippen LogP contribution < -0.4 is 0 Å². The lowest BCUT2D eigenvalue weighted by molar-refractivity contribution is -0.164. The molecule has 12 nitrogen and oxygen atoms in total. The van der Waals surface area contributed by atoms with E-state index in [4.69, 9.17) is 38.9 Å². The summed E-state index contributed by atoms with van der Waals surface area (Å²) in [6, 6.07) is 0.993. The van der Waals surface area contributed by atoms with Gasteiger partial charge in [-0.25, -0.2) is 4.79 Å². The van der Waals surface area contributed by atoms with E-state index < -0.39 is 97.4 Å². The first-order chi connectivity index (χ1) is 23.9. The van der Waals surface area contributed by atoms with Crippen LogP contribution in [0.25, 0.3) is 0 Å². The second kappa shape index (κ2) is 21.1. The molecule has 0 bridgehead atoms. The van der Waals surface area contributed by atoms with Crippen LogP contribution in [0.3, 0.4) is 0 Å². The van der Waals surface area contributed by atoms with Crippen LogP contribution in [-0.4, -0.2) is 105 Å². The summed E-state index contributed by atoms with van der Waals surface area (Å²) in [5.74, 6) is -3.01. The molecule has 0 rings (SSSR count). The fourth-order valence-corrected chi connectivity index (χ4v) is 34.6. The number of carbonyl (C=O) groups excluding carboxylic acids is 3. The van der Waals surface area contributed by atoms with Crippen molar-refractivity contribution in [2.75, 3.05) is 13.2 Å². The zero-order valence-electron chi connectivity index (χ0n) is 37.7. The van der Waals surface area contributed by atoms with Gasteiger partial charge >= 0.3 is 35.5 Å². The molecule has 54 heavy (non-hydrogen) atoms. The lowest BCUT2D eigenvalue weighted by Gasteiger charge is -2.43. The smallest absolute Gasteiger partial charge is 0.466 e. The summed E-state index contributed by atoms with van der Waals surface area (Å²) in [4.78, 5) is 39.3. The molecule has 0 saturated carbocycles. The van der Waals surface area contributed by atoms with Gasteiger partial charge in [0.25, 0.3) is 0 Å². The van der Waals surface area contributed by atoms with Crippen molar-refractivity contribution in [1.29, 1.82) is 0 Å². The SMILES string of the molecule is C=C(C)C(=O)OC(C)C(CC(=O)OCCC[Si](O[Si](C)(C)C)(O[Si](C)(C)C)O[Si](C)(C)C)C(=O)OCCC[Si](O[Si](C)(C)C)(O[Si](C)(C)C)O[Si](C)(C)C. The number of ether oxygens (including phenoxy) is 3. The fraction of sp³-hybridized carbons (Fsp3) is 0.853. The maximum absolute atomic E-state index is 13.6. The van der Waals surface area contributed by atoms with E-state index in [0.29, 0.717) is 24.9 Å². The molecule has 2 unspecified atom stereocenters. The summed E-state index contributed by atoms with van der Waals surface area (Å²) >= 11 is 0.